The molecule has 3 rings (SSSR count). The maximum absolute atomic E-state index is 12.4. The molecule has 0 saturated carbocycles. The number of amides is 1. The van der Waals surface area contributed by atoms with E-state index >= 15 is 0 Å². The highest BCUT2D eigenvalue weighted by molar-refractivity contribution is 7.20. The van der Waals surface area contributed by atoms with Gasteiger partial charge >= 0.3 is 5.97 Å². The number of nitrogens with one attached hydrogen (secondary N) is 1. The minimum Gasteiger partial charge on any atom is -0.494 e. The highest BCUT2D eigenvalue weighted by Gasteiger charge is 2.18. The highest BCUT2D eigenvalue weighted by atomic mass is 32.1. The molecule has 3 aromatic rings. The zero-order valence-electron chi connectivity index (χ0n) is 14.8. The van der Waals surface area contributed by atoms with Crippen LogP contribution in [0.4, 0.5) is 5.00 Å². The Morgan fingerprint density at radius 3 is 2.41 bits per heavy atom. The molecule has 0 aliphatic rings. The van der Waals surface area contributed by atoms with Crippen molar-refractivity contribution in [2.75, 3.05) is 11.9 Å². The van der Waals surface area contributed by atoms with Crippen molar-refractivity contribution in [3.8, 4) is 16.2 Å². The van der Waals surface area contributed by atoms with Crippen molar-refractivity contribution in [3.05, 3.63) is 71.8 Å². The summed E-state index contributed by atoms with van der Waals surface area (Å²) in [6, 6.07) is 18.4. The summed E-state index contributed by atoms with van der Waals surface area (Å²) in [6.45, 7) is 2.49. The molecule has 6 heteroatoms. The van der Waals surface area contributed by atoms with Crippen LogP contribution in [0.3, 0.4) is 0 Å². The number of ether oxygens (including phenoxy) is 1. The third kappa shape index (κ3) is 4.74. The van der Waals surface area contributed by atoms with Crippen LogP contribution in [0.2, 0.25) is 0 Å². The van der Waals surface area contributed by atoms with Gasteiger partial charge in [0, 0.05) is 4.88 Å². The summed E-state index contributed by atoms with van der Waals surface area (Å²) in [7, 11) is 0. The molecule has 1 amide bonds. The van der Waals surface area contributed by atoms with Gasteiger partial charge in [0.15, 0.2) is 0 Å². The van der Waals surface area contributed by atoms with Crippen LogP contribution in [-0.4, -0.2) is 23.6 Å². The number of carboxylic acids is 1. The number of carbonyl (C=O) groups is 2. The van der Waals surface area contributed by atoms with Gasteiger partial charge in [0.1, 0.15) is 10.8 Å². The first-order valence-corrected chi connectivity index (χ1v) is 9.32. The molecule has 27 heavy (non-hydrogen) atoms. The fraction of sp³-hybridized carbons (Fsp3) is 0.143. The normalized spacial score (nSPS) is 10.4. The second kappa shape index (κ2) is 8.51. The largest absolute Gasteiger partial charge is 0.494 e. The molecular weight excluding hydrogens is 362 g/mol. The molecule has 5 nitrogen and oxygen atoms in total. The number of carboxylic acid groups (broad SMARTS) is 1. The van der Waals surface area contributed by atoms with Crippen LogP contribution < -0.4 is 10.1 Å². The van der Waals surface area contributed by atoms with Crippen LogP contribution in [0.1, 0.15) is 22.8 Å². The first kappa shape index (κ1) is 18.7. The van der Waals surface area contributed by atoms with E-state index in [1.165, 1.54) is 11.3 Å². The molecular formula is C21H19NO4S. The number of benzene rings is 2. The molecule has 0 spiro atoms. The van der Waals surface area contributed by atoms with E-state index in [4.69, 9.17) is 4.74 Å². The summed E-state index contributed by atoms with van der Waals surface area (Å²) in [4.78, 5) is 24.7. The van der Waals surface area contributed by atoms with E-state index in [9.17, 15) is 14.7 Å². The van der Waals surface area contributed by atoms with Crippen molar-refractivity contribution in [2.24, 2.45) is 0 Å². The molecule has 2 N–H and O–H groups in total. The first-order chi connectivity index (χ1) is 13.1. The van der Waals surface area contributed by atoms with Crippen molar-refractivity contribution in [1.82, 2.24) is 0 Å². The molecule has 0 atom stereocenters. The van der Waals surface area contributed by atoms with E-state index in [1.54, 1.807) is 6.07 Å². The minimum atomic E-state index is -1.07. The van der Waals surface area contributed by atoms with Gasteiger partial charge in [0.2, 0.25) is 5.91 Å². The van der Waals surface area contributed by atoms with Gasteiger partial charge in [0.05, 0.1) is 18.6 Å². The van der Waals surface area contributed by atoms with E-state index in [-0.39, 0.29) is 17.9 Å². The van der Waals surface area contributed by atoms with E-state index in [2.05, 4.69) is 5.32 Å². The fourth-order valence-corrected chi connectivity index (χ4v) is 3.69. The maximum Gasteiger partial charge on any atom is 0.338 e. The molecule has 0 fully saturated rings. The van der Waals surface area contributed by atoms with Gasteiger partial charge in [-0.05, 0) is 36.2 Å². The Labute approximate surface area is 161 Å². The lowest BCUT2D eigenvalue weighted by Gasteiger charge is -2.06. The van der Waals surface area contributed by atoms with Crippen molar-refractivity contribution < 1.29 is 19.4 Å². The lowest BCUT2D eigenvalue weighted by Crippen LogP contribution is -2.15. The summed E-state index contributed by atoms with van der Waals surface area (Å²) in [5.41, 5.74) is 1.84. The first-order valence-electron chi connectivity index (χ1n) is 8.51. The molecule has 138 valence electrons. The molecule has 0 saturated heterocycles. The van der Waals surface area contributed by atoms with Crippen molar-refractivity contribution in [1.29, 1.82) is 0 Å². The topological polar surface area (TPSA) is 75.6 Å². The van der Waals surface area contributed by atoms with Crippen LogP contribution >= 0.6 is 11.3 Å². The Morgan fingerprint density at radius 2 is 1.78 bits per heavy atom. The average Bonchev–Trinajstić information content (AvgIpc) is 3.08. The third-order valence-corrected chi connectivity index (χ3v) is 4.97. The molecule has 0 radical (unpaired) electrons. The number of carbonyl (C=O) groups excluding carboxylic acids is 1. The van der Waals surface area contributed by atoms with Crippen molar-refractivity contribution >= 4 is 28.2 Å². The second-order valence-corrected chi connectivity index (χ2v) is 6.88. The number of thiophene rings is 1. The fourth-order valence-electron chi connectivity index (χ4n) is 2.61. The number of rotatable bonds is 7. The lowest BCUT2D eigenvalue weighted by molar-refractivity contribution is -0.115. The molecule has 0 aliphatic heterocycles. The van der Waals surface area contributed by atoms with Crippen LogP contribution in [0.5, 0.6) is 5.75 Å². The summed E-state index contributed by atoms with van der Waals surface area (Å²) in [6.07, 6.45) is 0.157. The maximum atomic E-state index is 12.4. The van der Waals surface area contributed by atoms with Crippen LogP contribution in [0.15, 0.2) is 60.7 Å². The van der Waals surface area contributed by atoms with Gasteiger partial charge in [0.25, 0.3) is 0 Å². The van der Waals surface area contributed by atoms with Gasteiger partial charge in [-0.3, -0.25) is 4.79 Å². The lowest BCUT2D eigenvalue weighted by atomic mass is 10.1. The summed E-state index contributed by atoms with van der Waals surface area (Å²) in [5, 5.41) is 12.5. The molecule has 0 bridgehead atoms. The molecule has 0 unspecified atom stereocenters. The molecule has 1 aromatic heterocycles. The molecule has 0 aliphatic carbocycles. The smallest absolute Gasteiger partial charge is 0.338 e. The predicted octanol–water partition coefficient (Wildman–Crippen LogP) is 4.69. The van der Waals surface area contributed by atoms with Gasteiger partial charge in [-0.25, -0.2) is 4.79 Å². The summed E-state index contributed by atoms with van der Waals surface area (Å²) < 4.78 is 5.38. The predicted molar refractivity (Wildman–Crippen MR) is 107 cm³/mol. The molecule has 2 aromatic carbocycles. The average molecular weight is 381 g/mol. The monoisotopic (exact) mass is 381 g/mol. The zero-order chi connectivity index (χ0) is 19.2. The number of hydrogen-bond acceptors (Lipinski definition) is 4. The van der Waals surface area contributed by atoms with Crippen LogP contribution in [-0.2, 0) is 11.2 Å². The Balaban J connectivity index is 1.75. The van der Waals surface area contributed by atoms with Gasteiger partial charge in [-0.1, -0.05) is 42.5 Å². The van der Waals surface area contributed by atoms with Gasteiger partial charge < -0.3 is 15.2 Å². The molecule has 1 heterocycles. The van der Waals surface area contributed by atoms with Crippen LogP contribution in [0.25, 0.3) is 10.4 Å². The van der Waals surface area contributed by atoms with Crippen molar-refractivity contribution in [3.63, 3.8) is 0 Å². The SMILES string of the molecule is CCOc1ccc(CC(=O)Nc2sc(-c3ccccc3)cc2C(=O)O)cc1. The third-order valence-electron chi connectivity index (χ3n) is 3.87. The second-order valence-electron chi connectivity index (χ2n) is 5.83. The number of aromatic carboxylic acids is 1. The Morgan fingerprint density at radius 1 is 1.07 bits per heavy atom. The number of hydrogen-bond donors (Lipinski definition) is 2. The van der Waals surface area contributed by atoms with E-state index in [1.807, 2.05) is 61.5 Å². The van der Waals surface area contributed by atoms with E-state index in [0.717, 1.165) is 21.8 Å². The van der Waals surface area contributed by atoms with Crippen molar-refractivity contribution in [2.45, 2.75) is 13.3 Å². The van der Waals surface area contributed by atoms with Gasteiger partial charge in [-0.2, -0.15) is 0 Å². The number of anilines is 1. The zero-order valence-corrected chi connectivity index (χ0v) is 15.6. The van der Waals surface area contributed by atoms with E-state index in [0.29, 0.717) is 11.6 Å². The Bertz CT molecular complexity index is 933. The summed E-state index contributed by atoms with van der Waals surface area (Å²) >= 11 is 1.26. The van der Waals surface area contributed by atoms with Crippen LogP contribution in [0, 0.1) is 0 Å². The highest BCUT2D eigenvalue weighted by Crippen LogP contribution is 2.35. The van der Waals surface area contributed by atoms with Gasteiger partial charge in [-0.15, -0.1) is 11.3 Å². The summed E-state index contributed by atoms with van der Waals surface area (Å²) in [5.74, 6) is -0.575. The van der Waals surface area contributed by atoms with E-state index < -0.39 is 5.97 Å². The minimum absolute atomic E-state index is 0.0962. The Hall–Kier alpha value is -3.12. The quantitative estimate of drug-likeness (QED) is 0.622. The Kier molecular flexibility index (Phi) is 5.88. The standard InChI is InChI=1S/C21H19NO4S/c1-2-26-16-10-8-14(9-11-16)12-19(23)22-20-17(21(24)25)13-18(27-20)15-6-4-3-5-7-15/h3-11,13H,2,12H2,1H3,(H,22,23)(H,24,25).